The summed E-state index contributed by atoms with van der Waals surface area (Å²) >= 11 is 6.17. The summed E-state index contributed by atoms with van der Waals surface area (Å²) in [6.45, 7) is 0. The van der Waals surface area contributed by atoms with Gasteiger partial charge in [-0.05, 0) is 24.3 Å². The van der Waals surface area contributed by atoms with Gasteiger partial charge in [-0.1, -0.05) is 23.7 Å². The Labute approximate surface area is 113 Å². The first-order valence-electron chi connectivity index (χ1n) is 5.79. The molecule has 2 aromatic carbocycles. The molecule has 5 heteroatoms. The molecule has 90 valence electrons. The second-order valence-electron chi connectivity index (χ2n) is 4.27. The van der Waals surface area contributed by atoms with Crippen LogP contribution in [0.2, 0.25) is 5.02 Å². The average Bonchev–Trinajstić information content (AvgIpc) is 3.01. The highest BCUT2D eigenvalue weighted by molar-refractivity contribution is 6.34. The van der Waals surface area contributed by atoms with E-state index in [0.717, 1.165) is 27.5 Å². The Bertz CT molecular complexity index is 881. The quantitative estimate of drug-likeness (QED) is 0.762. The third-order valence-electron chi connectivity index (χ3n) is 3.05. The van der Waals surface area contributed by atoms with E-state index in [1.165, 1.54) is 0 Å². The van der Waals surface area contributed by atoms with Crippen molar-refractivity contribution in [3.05, 3.63) is 57.6 Å². The van der Waals surface area contributed by atoms with Crippen LogP contribution in [-0.2, 0) is 0 Å². The zero-order valence-corrected chi connectivity index (χ0v) is 10.5. The van der Waals surface area contributed by atoms with E-state index in [-0.39, 0.29) is 0 Å². The maximum Gasteiger partial charge on any atom is 0.162 e. The first-order valence-corrected chi connectivity index (χ1v) is 6.16. The Balaban J connectivity index is 1.91. The van der Waals surface area contributed by atoms with Gasteiger partial charge in [-0.3, -0.25) is 0 Å². The van der Waals surface area contributed by atoms with Gasteiger partial charge in [0.25, 0.3) is 0 Å². The Morgan fingerprint density at radius 1 is 0.947 bits per heavy atom. The number of aliphatic imine (C=N–C) groups is 1. The van der Waals surface area contributed by atoms with E-state index in [2.05, 4.69) is 20.2 Å². The monoisotopic (exact) mass is 266 g/mol. The van der Waals surface area contributed by atoms with E-state index < -0.39 is 0 Å². The normalized spacial score (nSPS) is 14.5. The third kappa shape index (κ3) is 1.61. The van der Waals surface area contributed by atoms with Crippen molar-refractivity contribution in [2.45, 2.75) is 0 Å². The Morgan fingerprint density at radius 2 is 1.84 bits per heavy atom. The van der Waals surface area contributed by atoms with Crippen LogP contribution in [0, 0.1) is 0 Å². The molecule has 4 nitrogen and oxygen atoms in total. The smallest absolute Gasteiger partial charge is 0.162 e. The molecule has 2 heterocycles. The van der Waals surface area contributed by atoms with Crippen molar-refractivity contribution in [2.24, 2.45) is 20.2 Å². The highest BCUT2D eigenvalue weighted by Gasteiger charge is 2.14. The molecule has 2 aliphatic rings. The molecular weight excluding hydrogens is 260 g/mol. The minimum atomic E-state index is 0.640. The zero-order valence-electron chi connectivity index (χ0n) is 9.71. The van der Waals surface area contributed by atoms with Crippen LogP contribution in [0.1, 0.15) is 5.56 Å². The number of fused-ring (bicyclic) bond motifs is 2. The Kier molecular flexibility index (Phi) is 2.13. The van der Waals surface area contributed by atoms with Crippen molar-refractivity contribution in [1.29, 1.82) is 0 Å². The number of azo groups is 1. The fraction of sp³-hybridized carbons (Fsp3) is 0. The molecule has 0 saturated carbocycles. The van der Waals surface area contributed by atoms with Crippen molar-refractivity contribution in [3.63, 3.8) is 0 Å². The van der Waals surface area contributed by atoms with Crippen LogP contribution in [0.15, 0.2) is 56.6 Å². The number of benzene rings is 2. The van der Waals surface area contributed by atoms with Crippen molar-refractivity contribution in [2.75, 3.05) is 0 Å². The lowest BCUT2D eigenvalue weighted by Gasteiger charge is -1.99. The van der Waals surface area contributed by atoms with Gasteiger partial charge >= 0.3 is 0 Å². The summed E-state index contributed by atoms with van der Waals surface area (Å²) in [5, 5.41) is 10.3. The van der Waals surface area contributed by atoms with Gasteiger partial charge in [-0.25, -0.2) is 9.98 Å². The Hall–Kier alpha value is -2.33. The summed E-state index contributed by atoms with van der Waals surface area (Å²) in [4.78, 5) is 9.03. The first kappa shape index (κ1) is 10.6. The third-order valence-corrected chi connectivity index (χ3v) is 3.38. The van der Waals surface area contributed by atoms with Crippen molar-refractivity contribution >= 4 is 35.0 Å². The molecule has 0 saturated heterocycles. The fourth-order valence-electron chi connectivity index (χ4n) is 2.12. The van der Waals surface area contributed by atoms with E-state index in [1.807, 2.05) is 36.4 Å². The SMILES string of the molecule is Clc1ccccc1C1=Nc2cc3c(cc2=N1)N=NC=3. The van der Waals surface area contributed by atoms with Crippen LogP contribution in [-0.4, -0.2) is 5.84 Å². The molecule has 0 unspecified atom stereocenters. The van der Waals surface area contributed by atoms with Gasteiger partial charge in [0.05, 0.1) is 28.0 Å². The maximum atomic E-state index is 6.17. The van der Waals surface area contributed by atoms with Gasteiger partial charge in [0.1, 0.15) is 0 Å². The molecule has 2 aliphatic heterocycles. The van der Waals surface area contributed by atoms with Crippen LogP contribution < -0.4 is 10.6 Å². The summed E-state index contributed by atoms with van der Waals surface area (Å²) in [5.41, 5.74) is 2.50. The first-order chi connectivity index (χ1) is 9.31. The largest absolute Gasteiger partial charge is 0.226 e. The molecule has 2 aromatic rings. The molecule has 0 bridgehead atoms. The number of amidine groups is 1. The molecule has 0 aliphatic carbocycles. The fourth-order valence-corrected chi connectivity index (χ4v) is 2.34. The van der Waals surface area contributed by atoms with Crippen molar-refractivity contribution in [1.82, 2.24) is 0 Å². The molecule has 0 amide bonds. The standard InChI is InChI=1S/C14H7ClN4/c15-10-4-2-1-3-9(10)14-17-12-5-8-7-16-19-11(8)6-13(12)18-14/h1-7H. The van der Waals surface area contributed by atoms with Gasteiger partial charge in [-0.2, -0.15) is 10.2 Å². The predicted molar refractivity (Wildman–Crippen MR) is 73.9 cm³/mol. The van der Waals surface area contributed by atoms with Crippen LogP contribution in [0.4, 0.5) is 11.4 Å². The van der Waals surface area contributed by atoms with E-state index in [4.69, 9.17) is 11.6 Å². The molecule has 0 fully saturated rings. The van der Waals surface area contributed by atoms with Crippen LogP contribution >= 0.6 is 11.6 Å². The number of hydrogen-bond donors (Lipinski definition) is 0. The highest BCUT2D eigenvalue weighted by Crippen LogP contribution is 2.22. The second-order valence-corrected chi connectivity index (χ2v) is 4.68. The predicted octanol–water partition coefficient (Wildman–Crippen LogP) is 2.89. The zero-order chi connectivity index (χ0) is 12.8. The van der Waals surface area contributed by atoms with Crippen LogP contribution in [0.25, 0.3) is 6.20 Å². The van der Waals surface area contributed by atoms with Gasteiger partial charge in [0.15, 0.2) is 5.84 Å². The summed E-state index contributed by atoms with van der Waals surface area (Å²) < 4.78 is 0. The van der Waals surface area contributed by atoms with Crippen molar-refractivity contribution in [3.8, 4) is 0 Å². The van der Waals surface area contributed by atoms with Gasteiger partial charge in [0, 0.05) is 10.8 Å². The average molecular weight is 267 g/mol. The number of halogens is 1. The lowest BCUT2D eigenvalue weighted by Crippen LogP contribution is -2.06. The van der Waals surface area contributed by atoms with Gasteiger partial charge < -0.3 is 0 Å². The molecule has 4 rings (SSSR count). The van der Waals surface area contributed by atoms with Crippen LogP contribution in [0.5, 0.6) is 0 Å². The molecule has 0 N–H and O–H groups in total. The van der Waals surface area contributed by atoms with Crippen LogP contribution in [0.3, 0.4) is 0 Å². The molecule has 0 atom stereocenters. The van der Waals surface area contributed by atoms with E-state index in [1.54, 1.807) is 6.20 Å². The minimum absolute atomic E-state index is 0.640. The number of rotatable bonds is 1. The summed E-state index contributed by atoms with van der Waals surface area (Å²) in [7, 11) is 0. The molecule has 0 aromatic heterocycles. The summed E-state index contributed by atoms with van der Waals surface area (Å²) in [5.74, 6) is 0.640. The van der Waals surface area contributed by atoms with Gasteiger partial charge in [-0.15, -0.1) is 0 Å². The second kappa shape index (κ2) is 3.83. The lowest BCUT2D eigenvalue weighted by molar-refractivity contribution is 1.31. The summed E-state index contributed by atoms with van der Waals surface area (Å²) in [6, 6.07) is 11.4. The molecule has 0 radical (unpaired) electrons. The Morgan fingerprint density at radius 3 is 2.74 bits per heavy atom. The lowest BCUT2D eigenvalue weighted by atomic mass is 10.2. The summed E-state index contributed by atoms with van der Waals surface area (Å²) in [6.07, 6.45) is 1.72. The molecule has 0 spiro atoms. The van der Waals surface area contributed by atoms with E-state index >= 15 is 0 Å². The van der Waals surface area contributed by atoms with Gasteiger partial charge in [0.2, 0.25) is 0 Å². The van der Waals surface area contributed by atoms with Crippen molar-refractivity contribution < 1.29 is 0 Å². The minimum Gasteiger partial charge on any atom is -0.226 e. The maximum absolute atomic E-state index is 6.17. The molecule has 19 heavy (non-hydrogen) atoms. The van der Waals surface area contributed by atoms with E-state index in [0.29, 0.717) is 10.9 Å². The number of hydrogen-bond acceptors (Lipinski definition) is 4. The topological polar surface area (TPSA) is 49.4 Å². The number of nitrogens with zero attached hydrogens (tertiary/aromatic N) is 4. The molecular formula is C14H7ClN4. The highest BCUT2D eigenvalue weighted by atomic mass is 35.5. The van der Waals surface area contributed by atoms with E-state index in [9.17, 15) is 0 Å².